The van der Waals surface area contributed by atoms with Crippen molar-refractivity contribution in [3.05, 3.63) is 0 Å². The van der Waals surface area contributed by atoms with Gasteiger partial charge in [0.2, 0.25) is 0 Å². The van der Waals surface area contributed by atoms with E-state index >= 15 is 0 Å². The van der Waals surface area contributed by atoms with E-state index in [2.05, 4.69) is 32.0 Å². The molecule has 1 rings (SSSR count). The third kappa shape index (κ3) is 4.00. The largest absolute Gasteiger partial charge is 0.374 e. The van der Waals surface area contributed by atoms with E-state index in [1.807, 2.05) is 0 Å². The maximum Gasteiger partial charge on any atom is 0.0846 e. The lowest BCUT2D eigenvalue weighted by atomic mass is 9.73. The quantitative estimate of drug-likeness (QED) is 0.701. The SMILES string of the molecule is C#CCC(NCCC)C1(OCC)CCCC(C)C1. The topological polar surface area (TPSA) is 21.3 Å². The third-order valence-electron chi connectivity index (χ3n) is 4.02. The zero-order chi connectivity index (χ0) is 13.4. The molecule has 2 nitrogen and oxygen atoms in total. The lowest BCUT2D eigenvalue weighted by Gasteiger charge is -2.45. The minimum Gasteiger partial charge on any atom is -0.374 e. The van der Waals surface area contributed by atoms with Crippen molar-refractivity contribution >= 4 is 0 Å². The van der Waals surface area contributed by atoms with Crippen molar-refractivity contribution in [2.24, 2.45) is 5.92 Å². The molecule has 0 saturated heterocycles. The Labute approximate surface area is 113 Å². The van der Waals surface area contributed by atoms with Crippen LogP contribution in [0.3, 0.4) is 0 Å². The van der Waals surface area contributed by atoms with Crippen molar-refractivity contribution in [3.63, 3.8) is 0 Å². The monoisotopic (exact) mass is 251 g/mol. The first-order valence-corrected chi connectivity index (χ1v) is 7.49. The number of rotatable bonds is 7. The van der Waals surface area contributed by atoms with Gasteiger partial charge in [0.1, 0.15) is 0 Å². The predicted octanol–water partition coefficient (Wildman–Crippen LogP) is 3.36. The van der Waals surface area contributed by atoms with Crippen LogP contribution >= 0.6 is 0 Å². The molecule has 104 valence electrons. The summed E-state index contributed by atoms with van der Waals surface area (Å²) in [7, 11) is 0. The van der Waals surface area contributed by atoms with Crippen molar-refractivity contribution in [1.82, 2.24) is 5.32 Å². The molecule has 3 unspecified atom stereocenters. The van der Waals surface area contributed by atoms with E-state index in [0.29, 0.717) is 6.04 Å². The molecule has 0 spiro atoms. The zero-order valence-electron chi connectivity index (χ0n) is 12.3. The zero-order valence-corrected chi connectivity index (χ0v) is 12.3. The number of terminal acetylenes is 1. The van der Waals surface area contributed by atoms with Gasteiger partial charge in [-0.25, -0.2) is 0 Å². The highest BCUT2D eigenvalue weighted by Gasteiger charge is 2.41. The fourth-order valence-corrected chi connectivity index (χ4v) is 3.26. The van der Waals surface area contributed by atoms with Crippen LogP contribution in [0, 0.1) is 18.3 Å². The van der Waals surface area contributed by atoms with E-state index < -0.39 is 0 Å². The van der Waals surface area contributed by atoms with E-state index in [-0.39, 0.29) is 5.60 Å². The molecule has 1 saturated carbocycles. The van der Waals surface area contributed by atoms with Crippen LogP contribution in [-0.4, -0.2) is 24.8 Å². The second-order valence-electron chi connectivity index (χ2n) is 5.61. The van der Waals surface area contributed by atoms with Crippen molar-refractivity contribution in [1.29, 1.82) is 0 Å². The highest BCUT2D eigenvalue weighted by molar-refractivity contribution is 5.03. The second-order valence-corrected chi connectivity index (χ2v) is 5.61. The lowest BCUT2D eigenvalue weighted by molar-refractivity contribution is -0.0991. The van der Waals surface area contributed by atoms with Gasteiger partial charge in [0, 0.05) is 19.1 Å². The second kappa shape index (κ2) is 7.81. The minimum absolute atomic E-state index is 0.0338. The van der Waals surface area contributed by atoms with Gasteiger partial charge in [-0.15, -0.1) is 12.3 Å². The van der Waals surface area contributed by atoms with Crippen LogP contribution in [0.1, 0.15) is 59.3 Å². The molecule has 0 aromatic heterocycles. The average molecular weight is 251 g/mol. The summed E-state index contributed by atoms with van der Waals surface area (Å²) in [5.41, 5.74) is -0.0338. The fourth-order valence-electron chi connectivity index (χ4n) is 3.26. The van der Waals surface area contributed by atoms with Crippen molar-refractivity contribution in [3.8, 4) is 12.3 Å². The molecule has 1 aliphatic carbocycles. The van der Waals surface area contributed by atoms with E-state index in [1.165, 1.54) is 12.8 Å². The maximum atomic E-state index is 6.19. The molecule has 0 aliphatic heterocycles. The molecule has 0 aromatic rings. The Morgan fingerprint density at radius 1 is 1.50 bits per heavy atom. The van der Waals surface area contributed by atoms with E-state index in [0.717, 1.165) is 44.8 Å². The highest BCUT2D eigenvalue weighted by Crippen LogP contribution is 2.38. The predicted molar refractivity (Wildman–Crippen MR) is 77.5 cm³/mol. The van der Waals surface area contributed by atoms with Crippen LogP contribution in [0.2, 0.25) is 0 Å². The Balaban J connectivity index is 2.80. The van der Waals surface area contributed by atoms with Gasteiger partial charge in [0.15, 0.2) is 0 Å². The molecule has 2 heteroatoms. The number of hydrogen-bond donors (Lipinski definition) is 1. The van der Waals surface area contributed by atoms with E-state index in [1.54, 1.807) is 0 Å². The van der Waals surface area contributed by atoms with Crippen LogP contribution in [0.5, 0.6) is 0 Å². The first-order valence-electron chi connectivity index (χ1n) is 7.49. The van der Waals surface area contributed by atoms with Gasteiger partial charge in [-0.2, -0.15) is 0 Å². The van der Waals surface area contributed by atoms with Crippen LogP contribution in [0.15, 0.2) is 0 Å². The standard InChI is InChI=1S/C16H29NO/c1-5-9-15(17-12-6-2)16(18-7-3)11-8-10-14(4)13-16/h1,14-15,17H,6-13H2,2-4H3. The van der Waals surface area contributed by atoms with Crippen LogP contribution in [0.25, 0.3) is 0 Å². The fraction of sp³-hybridized carbons (Fsp3) is 0.875. The summed E-state index contributed by atoms with van der Waals surface area (Å²) in [6.45, 7) is 8.42. The molecule has 1 aliphatic rings. The molecule has 0 radical (unpaired) electrons. The molecule has 1 N–H and O–H groups in total. The van der Waals surface area contributed by atoms with Gasteiger partial charge in [-0.05, 0) is 38.6 Å². The molecule has 1 fully saturated rings. The molecule has 0 heterocycles. The van der Waals surface area contributed by atoms with Gasteiger partial charge in [-0.1, -0.05) is 26.7 Å². The Morgan fingerprint density at radius 2 is 2.28 bits per heavy atom. The highest BCUT2D eigenvalue weighted by atomic mass is 16.5. The lowest BCUT2D eigenvalue weighted by Crippen LogP contribution is -2.55. The first kappa shape index (κ1) is 15.5. The summed E-state index contributed by atoms with van der Waals surface area (Å²) in [4.78, 5) is 0. The number of nitrogens with one attached hydrogen (secondary N) is 1. The molecule has 0 aromatic carbocycles. The van der Waals surface area contributed by atoms with Crippen LogP contribution in [-0.2, 0) is 4.74 Å². The van der Waals surface area contributed by atoms with Crippen molar-refractivity contribution in [2.45, 2.75) is 70.9 Å². The normalized spacial score (nSPS) is 29.8. The van der Waals surface area contributed by atoms with E-state index in [9.17, 15) is 0 Å². The van der Waals surface area contributed by atoms with Crippen molar-refractivity contribution < 1.29 is 4.74 Å². The summed E-state index contributed by atoms with van der Waals surface area (Å²) < 4.78 is 6.19. The van der Waals surface area contributed by atoms with Gasteiger partial charge in [0.25, 0.3) is 0 Å². The number of hydrogen-bond acceptors (Lipinski definition) is 2. The molecule has 0 amide bonds. The molecule has 18 heavy (non-hydrogen) atoms. The summed E-state index contributed by atoms with van der Waals surface area (Å²) in [5, 5.41) is 3.62. The summed E-state index contributed by atoms with van der Waals surface area (Å²) in [6, 6.07) is 0.310. The molecule has 3 atom stereocenters. The van der Waals surface area contributed by atoms with Crippen LogP contribution < -0.4 is 5.32 Å². The van der Waals surface area contributed by atoms with E-state index in [4.69, 9.17) is 11.2 Å². The maximum absolute atomic E-state index is 6.19. The number of ether oxygens (including phenoxy) is 1. The molecular weight excluding hydrogens is 222 g/mol. The Morgan fingerprint density at radius 3 is 2.83 bits per heavy atom. The Kier molecular flexibility index (Phi) is 6.75. The minimum atomic E-state index is -0.0338. The van der Waals surface area contributed by atoms with Crippen LogP contribution in [0.4, 0.5) is 0 Å². The average Bonchev–Trinajstić information content (AvgIpc) is 2.34. The first-order chi connectivity index (χ1) is 8.68. The summed E-state index contributed by atoms with van der Waals surface area (Å²) in [6.07, 6.45) is 12.3. The third-order valence-corrected chi connectivity index (χ3v) is 4.02. The summed E-state index contributed by atoms with van der Waals surface area (Å²) in [5.74, 6) is 3.57. The summed E-state index contributed by atoms with van der Waals surface area (Å²) >= 11 is 0. The Bertz CT molecular complexity index is 267. The van der Waals surface area contributed by atoms with Crippen molar-refractivity contribution in [2.75, 3.05) is 13.2 Å². The van der Waals surface area contributed by atoms with Gasteiger partial charge in [-0.3, -0.25) is 0 Å². The molecular formula is C16H29NO. The van der Waals surface area contributed by atoms with Gasteiger partial charge in [0.05, 0.1) is 5.60 Å². The van der Waals surface area contributed by atoms with Gasteiger partial charge >= 0.3 is 0 Å². The molecule has 0 bridgehead atoms. The van der Waals surface area contributed by atoms with Gasteiger partial charge < -0.3 is 10.1 Å². The smallest absolute Gasteiger partial charge is 0.0846 e. The Hall–Kier alpha value is -0.520.